The third-order valence-corrected chi connectivity index (χ3v) is 5.75. The highest BCUT2D eigenvalue weighted by molar-refractivity contribution is 5.65. The molecule has 194 valence electrons. The number of rotatable bonds is 16. The fourth-order valence-electron chi connectivity index (χ4n) is 3.79. The molecule has 0 N–H and O–H groups in total. The van der Waals surface area contributed by atoms with Crippen LogP contribution in [0.2, 0.25) is 0 Å². The second-order valence-electron chi connectivity index (χ2n) is 8.65. The quantitative estimate of drug-likeness (QED) is 0.222. The van der Waals surface area contributed by atoms with Gasteiger partial charge in [0.25, 0.3) is 0 Å². The van der Waals surface area contributed by atoms with E-state index in [2.05, 4.69) is 20.8 Å². The maximum atomic E-state index is 15.0. The molecule has 0 saturated carbocycles. The molecule has 1 aromatic rings. The molecule has 1 unspecified atom stereocenters. The van der Waals surface area contributed by atoms with Crippen LogP contribution in [0.4, 0.5) is 8.78 Å². The molecule has 0 aromatic heterocycles. The molecule has 1 aliphatic heterocycles. The monoisotopic (exact) mass is 486 g/mol. The Labute approximate surface area is 202 Å². The molecular weight excluding hydrogens is 446 g/mol. The molecule has 0 radical (unpaired) electrons. The topological polar surface area (TPSA) is 63.2 Å². The van der Waals surface area contributed by atoms with E-state index in [1.165, 1.54) is 13.0 Å². The number of hydrogen-bond acceptors (Lipinski definition) is 6. The number of unbranched alkanes of at least 4 members (excludes halogenated alkanes) is 3. The number of halogens is 2. The molecule has 8 heteroatoms. The van der Waals surface area contributed by atoms with Gasteiger partial charge >= 0.3 is 5.97 Å². The fraction of sp³-hybridized carbons (Fsp3) is 0.731. The lowest BCUT2D eigenvalue weighted by Crippen LogP contribution is -2.38. The number of carbonyl (C=O) groups excluding carboxylic acids is 1. The Balaban J connectivity index is 2.33. The molecule has 1 aromatic carbocycles. The van der Waals surface area contributed by atoms with Gasteiger partial charge in [0.05, 0.1) is 6.61 Å². The number of ether oxygens (including phenoxy) is 5. The number of benzene rings is 1. The fourth-order valence-corrected chi connectivity index (χ4v) is 3.79. The minimum Gasteiger partial charge on any atom is -0.461 e. The van der Waals surface area contributed by atoms with Gasteiger partial charge in [-0.25, -0.2) is 8.78 Å². The van der Waals surface area contributed by atoms with E-state index in [-0.39, 0.29) is 17.7 Å². The lowest BCUT2D eigenvalue weighted by molar-refractivity contribution is -0.142. The Morgan fingerprint density at radius 3 is 2.15 bits per heavy atom. The first-order valence-corrected chi connectivity index (χ1v) is 12.5. The molecule has 2 rings (SSSR count). The number of esters is 1. The van der Waals surface area contributed by atoms with Crippen molar-refractivity contribution in [1.29, 1.82) is 0 Å². The third kappa shape index (κ3) is 8.56. The minimum atomic E-state index is -0.806. The van der Waals surface area contributed by atoms with E-state index in [4.69, 9.17) is 23.7 Å². The maximum absolute atomic E-state index is 15.0. The second-order valence-corrected chi connectivity index (χ2v) is 8.65. The smallest absolute Gasteiger partial charge is 0.302 e. The van der Waals surface area contributed by atoms with Crippen LogP contribution in [0.25, 0.3) is 0 Å². The first-order valence-electron chi connectivity index (χ1n) is 12.5. The minimum absolute atomic E-state index is 0.0774. The van der Waals surface area contributed by atoms with Crippen molar-refractivity contribution in [3.05, 3.63) is 34.9 Å². The van der Waals surface area contributed by atoms with Crippen molar-refractivity contribution in [2.24, 2.45) is 0 Å². The van der Waals surface area contributed by atoms with E-state index >= 15 is 4.39 Å². The Morgan fingerprint density at radius 2 is 1.53 bits per heavy atom. The molecule has 6 nitrogen and oxygen atoms in total. The molecule has 1 fully saturated rings. The SMILES string of the molecule is CCCCOC[C@H]1O[C@@H](c2cc(COC(C)=O)c(F)cc2F)C(OCCCC)[C@H]1OCCCC. The van der Waals surface area contributed by atoms with E-state index < -0.39 is 42.0 Å². The third-order valence-electron chi connectivity index (χ3n) is 5.75. The first-order chi connectivity index (χ1) is 16.4. The molecule has 1 heterocycles. The van der Waals surface area contributed by atoms with Crippen LogP contribution >= 0.6 is 0 Å². The second kappa shape index (κ2) is 15.4. The zero-order valence-electron chi connectivity index (χ0n) is 20.9. The highest BCUT2D eigenvalue weighted by Gasteiger charge is 2.48. The van der Waals surface area contributed by atoms with Gasteiger partial charge < -0.3 is 23.7 Å². The summed E-state index contributed by atoms with van der Waals surface area (Å²) in [5, 5.41) is 0. The highest BCUT2D eigenvalue weighted by atomic mass is 19.1. The van der Waals surface area contributed by atoms with Crippen molar-refractivity contribution in [3.8, 4) is 0 Å². The van der Waals surface area contributed by atoms with Crippen molar-refractivity contribution in [2.75, 3.05) is 26.4 Å². The van der Waals surface area contributed by atoms with Crippen molar-refractivity contribution >= 4 is 5.97 Å². The van der Waals surface area contributed by atoms with Gasteiger partial charge in [0.2, 0.25) is 0 Å². The predicted octanol–water partition coefficient (Wildman–Crippen LogP) is 5.66. The van der Waals surface area contributed by atoms with Gasteiger partial charge in [-0.15, -0.1) is 0 Å². The molecular formula is C26H40F2O6. The average Bonchev–Trinajstić information content (AvgIpc) is 3.13. The molecule has 0 aliphatic carbocycles. The summed E-state index contributed by atoms with van der Waals surface area (Å²) in [6.07, 6.45) is 3.30. The summed E-state index contributed by atoms with van der Waals surface area (Å²) in [6, 6.07) is 2.16. The lowest BCUT2D eigenvalue weighted by Gasteiger charge is -2.25. The van der Waals surface area contributed by atoms with Gasteiger partial charge in [0.1, 0.15) is 42.7 Å². The van der Waals surface area contributed by atoms with Gasteiger partial charge in [-0.1, -0.05) is 40.0 Å². The molecule has 4 atom stereocenters. The van der Waals surface area contributed by atoms with Gasteiger partial charge in [-0.05, 0) is 25.3 Å². The summed E-state index contributed by atoms with van der Waals surface area (Å²) >= 11 is 0. The van der Waals surface area contributed by atoms with E-state index in [0.29, 0.717) is 26.4 Å². The molecule has 0 amide bonds. The van der Waals surface area contributed by atoms with E-state index in [1.54, 1.807) is 0 Å². The van der Waals surface area contributed by atoms with Crippen LogP contribution in [0, 0.1) is 11.6 Å². The van der Waals surface area contributed by atoms with Crippen LogP contribution in [-0.2, 0) is 35.1 Å². The maximum Gasteiger partial charge on any atom is 0.302 e. The summed E-state index contributed by atoms with van der Waals surface area (Å²) in [6.45, 7) is 9.07. The highest BCUT2D eigenvalue weighted by Crippen LogP contribution is 2.39. The molecule has 0 bridgehead atoms. The van der Waals surface area contributed by atoms with Crippen LogP contribution in [-0.4, -0.2) is 50.7 Å². The van der Waals surface area contributed by atoms with Crippen LogP contribution in [0.1, 0.15) is 83.5 Å². The van der Waals surface area contributed by atoms with Crippen molar-refractivity contribution in [2.45, 2.75) is 97.2 Å². The van der Waals surface area contributed by atoms with Gasteiger partial charge in [0, 0.05) is 43.9 Å². The largest absolute Gasteiger partial charge is 0.461 e. The predicted molar refractivity (Wildman–Crippen MR) is 124 cm³/mol. The summed E-state index contributed by atoms with van der Waals surface area (Å²) in [7, 11) is 0. The number of hydrogen-bond donors (Lipinski definition) is 0. The Kier molecular flexibility index (Phi) is 13.0. The summed E-state index contributed by atoms with van der Waals surface area (Å²) < 4.78 is 58.8. The van der Waals surface area contributed by atoms with Crippen LogP contribution in [0.5, 0.6) is 0 Å². The summed E-state index contributed by atoms with van der Waals surface area (Å²) in [5.74, 6) is -2.06. The summed E-state index contributed by atoms with van der Waals surface area (Å²) in [5.41, 5.74) is 0.235. The molecule has 0 spiro atoms. The molecule has 1 aliphatic rings. The van der Waals surface area contributed by atoms with E-state index in [9.17, 15) is 9.18 Å². The van der Waals surface area contributed by atoms with Crippen LogP contribution in [0.3, 0.4) is 0 Å². The van der Waals surface area contributed by atoms with Crippen molar-refractivity contribution < 1.29 is 37.3 Å². The van der Waals surface area contributed by atoms with Crippen molar-refractivity contribution in [1.82, 2.24) is 0 Å². The van der Waals surface area contributed by atoms with Crippen LogP contribution < -0.4 is 0 Å². The molecule has 1 saturated heterocycles. The summed E-state index contributed by atoms with van der Waals surface area (Å²) in [4.78, 5) is 11.2. The van der Waals surface area contributed by atoms with E-state index in [0.717, 1.165) is 44.6 Å². The van der Waals surface area contributed by atoms with Gasteiger partial charge in [-0.2, -0.15) is 0 Å². The van der Waals surface area contributed by atoms with E-state index in [1.807, 2.05) is 0 Å². The van der Waals surface area contributed by atoms with Gasteiger partial charge in [0.15, 0.2) is 0 Å². The lowest BCUT2D eigenvalue weighted by atomic mass is 9.98. The normalized spacial score (nSPS) is 22.3. The Bertz CT molecular complexity index is 744. The first kappa shape index (κ1) is 28.6. The zero-order chi connectivity index (χ0) is 24.9. The Morgan fingerprint density at radius 1 is 0.912 bits per heavy atom. The Hall–Kier alpha value is -1.61. The number of carbonyl (C=O) groups is 1. The zero-order valence-corrected chi connectivity index (χ0v) is 20.9. The average molecular weight is 487 g/mol. The molecule has 34 heavy (non-hydrogen) atoms. The van der Waals surface area contributed by atoms with Gasteiger partial charge in [-0.3, -0.25) is 4.79 Å². The van der Waals surface area contributed by atoms with Crippen LogP contribution in [0.15, 0.2) is 12.1 Å². The van der Waals surface area contributed by atoms with Crippen molar-refractivity contribution in [3.63, 3.8) is 0 Å². The standard InChI is InChI=1S/C26H40F2O6/c1-5-8-11-30-17-23-25(31-12-9-6-2)26(32-13-10-7-3)24(34-23)20-14-19(16-33-18(4)29)21(27)15-22(20)28/h14-15,23-26H,5-13,16-17H2,1-4H3/t23-,24+,25+,26?/m1/s1.